The molecule has 2 N–H and O–H groups in total. The van der Waals surface area contributed by atoms with Gasteiger partial charge in [0.1, 0.15) is 18.2 Å². The third kappa shape index (κ3) is 32.0. The summed E-state index contributed by atoms with van der Waals surface area (Å²) in [6.07, 6.45) is 14.6. The van der Waals surface area contributed by atoms with E-state index in [4.69, 9.17) is 21.6 Å². The summed E-state index contributed by atoms with van der Waals surface area (Å²) in [4.78, 5) is 45.7. The van der Waals surface area contributed by atoms with Crippen LogP contribution in [-0.4, -0.2) is 49.8 Å². The van der Waals surface area contributed by atoms with E-state index in [1.807, 2.05) is 98.5 Å². The summed E-state index contributed by atoms with van der Waals surface area (Å²) in [7, 11) is 3.75. The van der Waals surface area contributed by atoms with Gasteiger partial charge in [-0.3, -0.25) is 19.7 Å². The number of ketones is 3. The number of anilines is 1. The molecule has 0 radical (unpaired) electrons. The minimum absolute atomic E-state index is 0. The van der Waals surface area contributed by atoms with E-state index in [0.717, 1.165) is 42.4 Å². The molecule has 2 unspecified atom stereocenters. The second-order valence-electron chi connectivity index (χ2n) is 18.2. The minimum atomic E-state index is -1.40. The molecular weight excluding hydrogens is 1390 g/mol. The van der Waals surface area contributed by atoms with Crippen molar-refractivity contribution in [1.82, 2.24) is 5.32 Å². The van der Waals surface area contributed by atoms with E-state index in [2.05, 4.69) is 96.0 Å². The van der Waals surface area contributed by atoms with Crippen LogP contribution in [0, 0.1) is 112 Å². The number of allylic oxidation sites excluding steroid dienone is 5. The van der Waals surface area contributed by atoms with Crippen LogP contribution < -0.4 is 10.6 Å². The van der Waals surface area contributed by atoms with Gasteiger partial charge in [0, 0.05) is 42.0 Å². The Bertz CT molecular complexity index is 2180. The van der Waals surface area contributed by atoms with Gasteiger partial charge < -0.3 is 16.5 Å². The van der Waals surface area contributed by atoms with Crippen molar-refractivity contribution >= 4 is 40.7 Å². The van der Waals surface area contributed by atoms with Gasteiger partial charge in [0.15, 0.2) is 5.78 Å². The summed E-state index contributed by atoms with van der Waals surface area (Å²) in [5, 5.41) is 15.0. The molecule has 1 saturated carbocycles. The van der Waals surface area contributed by atoms with Crippen molar-refractivity contribution in [3.63, 3.8) is 0 Å². The third-order valence-corrected chi connectivity index (χ3v) is 12.1. The maximum Gasteiger partial charge on any atom is 2.00 e. The van der Waals surface area contributed by atoms with Crippen molar-refractivity contribution in [3.05, 3.63) is 155 Å². The topological polar surface area (TPSA) is 125 Å². The second kappa shape index (κ2) is 42.8. The van der Waals surface area contributed by atoms with E-state index in [0.29, 0.717) is 65.9 Å². The number of nitriles is 1. The fraction of sp³-hybridized carbons (Fsp3) is 0.475. The summed E-state index contributed by atoms with van der Waals surface area (Å²) in [5.41, 5.74) is 6.22. The fourth-order valence-corrected chi connectivity index (χ4v) is 6.08. The maximum atomic E-state index is 13.8. The number of hydrogen-bond donors (Lipinski definition) is 2. The Balaban J connectivity index is -0.000000433. The SMILES string of the molecule is C=C(C)CC.CCC(=O)CCC(C)C(C)=O.CCc1cc(NC(=O)OCC2(F)C[CH-]C2)ccc1C(=O)C(C)CC.CNC.[CH2-]/C(=C/C=C/CC)CC.[CH2-]c1c(Cl)cc(C(C)(C)c2cc[c-]cc2)cc1C#N.[U+2].[U+2]. The Morgan fingerprint density at radius 2 is 1.53 bits per heavy atom. The first kappa shape index (κ1) is 76.2. The van der Waals surface area contributed by atoms with Crippen LogP contribution in [0.5, 0.6) is 0 Å². The quantitative estimate of drug-likeness (QED) is 0.0562. The van der Waals surface area contributed by atoms with Gasteiger partial charge in [0.2, 0.25) is 0 Å². The summed E-state index contributed by atoms with van der Waals surface area (Å²) < 4.78 is 18.7. The number of rotatable bonds is 18. The van der Waals surface area contributed by atoms with Gasteiger partial charge in [-0.15, -0.1) is 37.1 Å². The van der Waals surface area contributed by atoms with Crippen LogP contribution in [0.1, 0.15) is 179 Å². The largest absolute Gasteiger partial charge is 2.00 e. The molecule has 0 spiro atoms. The molecule has 0 bridgehead atoms. The van der Waals surface area contributed by atoms with E-state index in [1.54, 1.807) is 25.1 Å². The first-order valence-corrected chi connectivity index (χ1v) is 25.4. The number of alkyl halides is 1. The Morgan fingerprint density at radius 3 is 1.97 bits per heavy atom. The zero-order valence-electron chi connectivity index (χ0n) is 46.8. The predicted octanol–water partition coefficient (Wildman–Crippen LogP) is 16.2. The zero-order chi connectivity index (χ0) is 54.7. The van der Waals surface area contributed by atoms with Gasteiger partial charge in [0.05, 0.1) is 5.67 Å². The minimum Gasteiger partial charge on any atom is -0.446 e. The molecule has 1 fully saturated rings. The number of carbonyl (C=O) groups is 4. The molecule has 0 aromatic heterocycles. The number of Topliss-reactive ketones (excluding diaryl/α,β-unsaturated/α-hetero) is 3. The second-order valence-corrected chi connectivity index (χ2v) is 18.6. The monoisotopic (exact) mass is 1470 g/mol. The van der Waals surface area contributed by atoms with Gasteiger partial charge in [-0.05, 0) is 94.8 Å². The zero-order valence-corrected chi connectivity index (χ0v) is 55.9. The standard InChI is InChI=1S/C19H25FNO3.C17H14ClN.C9H16O2.C9H15.C5H10.C2H7N.2U/c1-4-13(3)17(22)16-8-7-15(11-14(16)5-2)21-18(23)24-12-19(20)9-6-10-19;1-12-13(11-19)9-15(10-16(12)18)17(2,3)14-7-5-4-6-8-14;1-4-9(11)6-5-7(2)8(3)10;1-4-6-7-8-9(3)5-2;1-4-5(2)3;1-3-2;;/h6-8,11,13H,4-5,9-10,12H2,1-3H3,(H,21,23);5-10H,1H2,2-3H3;7H,4-6H2,1-3H3;6-8H,3-5H2,1-2H3;2,4H2,1,3H3;3H,1-2H3;;/q-1;-2;;-1;;;2*+2/b;;;7-6+,9-8-;;;;. The summed E-state index contributed by atoms with van der Waals surface area (Å²) in [6.45, 7) is 34.8. The van der Waals surface area contributed by atoms with Crippen molar-refractivity contribution in [2.75, 3.05) is 26.0 Å². The van der Waals surface area contributed by atoms with Crippen LogP contribution in [0.2, 0.25) is 5.02 Å². The number of ether oxygens (including phenoxy) is 1. The molecule has 2 atom stereocenters. The molecule has 3 aromatic rings. The molecule has 398 valence electrons. The van der Waals surface area contributed by atoms with Crippen LogP contribution in [-0.2, 0) is 26.2 Å². The summed E-state index contributed by atoms with van der Waals surface area (Å²) in [6, 6.07) is 21.9. The number of carbonyl (C=O) groups excluding carboxylic acids is 4. The van der Waals surface area contributed by atoms with Crippen molar-refractivity contribution in [2.24, 2.45) is 11.8 Å². The number of aryl methyl sites for hydroxylation is 1. The van der Waals surface area contributed by atoms with E-state index in [-0.39, 0.29) is 103 Å². The van der Waals surface area contributed by atoms with E-state index in [9.17, 15) is 23.6 Å². The molecule has 1 amide bonds. The van der Waals surface area contributed by atoms with Crippen LogP contribution >= 0.6 is 11.6 Å². The number of benzene rings is 3. The summed E-state index contributed by atoms with van der Waals surface area (Å²) >= 11 is 6.17. The number of halogens is 2. The predicted molar refractivity (Wildman–Crippen MR) is 298 cm³/mol. The van der Waals surface area contributed by atoms with Crippen molar-refractivity contribution in [2.45, 2.75) is 158 Å². The molecule has 12 heteroatoms. The molecule has 1 aliphatic rings. The Hall–Kier alpha value is -3.33. The molecule has 0 heterocycles. The average Bonchev–Trinajstić information content (AvgIpc) is 3.35. The van der Waals surface area contributed by atoms with Gasteiger partial charge in [-0.1, -0.05) is 104 Å². The number of hydrogen-bond acceptors (Lipinski definition) is 7. The first-order chi connectivity index (χ1) is 33.4. The molecule has 1 aliphatic carbocycles. The maximum absolute atomic E-state index is 13.8. The van der Waals surface area contributed by atoms with Crippen molar-refractivity contribution in [1.29, 1.82) is 5.26 Å². The van der Waals surface area contributed by atoms with Crippen LogP contribution in [0.4, 0.5) is 14.9 Å². The van der Waals surface area contributed by atoms with Gasteiger partial charge in [0.25, 0.3) is 0 Å². The molecule has 0 saturated heterocycles. The van der Waals surface area contributed by atoms with E-state index >= 15 is 0 Å². The molecular formula is C61H87ClFN3O5U2. The Labute approximate surface area is 495 Å². The van der Waals surface area contributed by atoms with E-state index in [1.165, 1.54) is 11.1 Å². The van der Waals surface area contributed by atoms with Crippen LogP contribution in [0.15, 0.2) is 90.6 Å². The van der Waals surface area contributed by atoms with Gasteiger partial charge >= 0.3 is 68.3 Å². The normalized spacial score (nSPS) is 12.7. The smallest absolute Gasteiger partial charge is 0.446 e. The Kier molecular flexibility index (Phi) is 44.7. The van der Waals surface area contributed by atoms with Gasteiger partial charge in [-0.2, -0.15) is 54.4 Å². The van der Waals surface area contributed by atoms with Crippen LogP contribution in [0.3, 0.4) is 0 Å². The summed E-state index contributed by atoms with van der Waals surface area (Å²) in [5.74, 6) is 0.556. The molecule has 0 aliphatic heterocycles. The van der Waals surface area contributed by atoms with E-state index < -0.39 is 11.8 Å². The van der Waals surface area contributed by atoms with Gasteiger partial charge in [-0.25, -0.2) is 33.0 Å². The molecule has 3 aromatic carbocycles. The van der Waals surface area contributed by atoms with Crippen LogP contribution in [0.25, 0.3) is 0 Å². The fourth-order valence-electron chi connectivity index (χ4n) is 5.86. The number of nitrogens with zero attached hydrogens (tertiary/aromatic N) is 1. The molecule has 73 heavy (non-hydrogen) atoms. The van der Waals surface area contributed by atoms with Crippen molar-refractivity contribution < 1.29 is 90.5 Å². The number of amides is 1. The number of nitrogens with one attached hydrogen (secondary N) is 2. The van der Waals surface area contributed by atoms with Crippen molar-refractivity contribution in [3.8, 4) is 6.07 Å². The third-order valence-electron chi connectivity index (χ3n) is 11.7. The molecule has 4 rings (SSSR count). The molecule has 8 nitrogen and oxygen atoms in total. The Morgan fingerprint density at radius 1 is 0.959 bits per heavy atom. The average molecular weight is 1470 g/mol. The first-order valence-electron chi connectivity index (χ1n) is 25.0.